The zero-order chi connectivity index (χ0) is 13.9. The summed E-state index contributed by atoms with van der Waals surface area (Å²) >= 11 is 0. The number of hydrogen-bond donors (Lipinski definition) is 1. The molecule has 1 N–H and O–H groups in total. The minimum atomic E-state index is -3.05. The summed E-state index contributed by atoms with van der Waals surface area (Å²) in [4.78, 5) is 2.36. The van der Waals surface area contributed by atoms with E-state index in [2.05, 4.69) is 4.90 Å². The first-order chi connectivity index (χ1) is 9.00. The Labute approximate surface area is 116 Å². The smallest absolute Gasteiger partial charge is 0.211 e. The van der Waals surface area contributed by atoms with Crippen molar-refractivity contribution in [2.45, 2.75) is 38.1 Å². The Morgan fingerprint density at radius 2 is 2.00 bits per heavy atom. The minimum Gasteiger partial charge on any atom is -0.395 e. The molecule has 5 nitrogen and oxygen atoms in total. The van der Waals surface area contributed by atoms with Crippen LogP contribution in [0.1, 0.15) is 32.1 Å². The minimum absolute atomic E-state index is 0.193. The van der Waals surface area contributed by atoms with Gasteiger partial charge >= 0.3 is 0 Å². The monoisotopic (exact) mass is 290 g/mol. The molecule has 2 aliphatic rings. The van der Waals surface area contributed by atoms with Gasteiger partial charge in [-0.15, -0.1) is 0 Å². The van der Waals surface area contributed by atoms with Gasteiger partial charge in [0, 0.05) is 32.2 Å². The molecule has 1 saturated carbocycles. The second kappa shape index (κ2) is 6.52. The van der Waals surface area contributed by atoms with Crippen LogP contribution in [-0.2, 0) is 10.0 Å². The summed E-state index contributed by atoms with van der Waals surface area (Å²) < 4.78 is 24.8. The molecule has 0 bridgehead atoms. The van der Waals surface area contributed by atoms with Gasteiger partial charge in [0.15, 0.2) is 0 Å². The van der Waals surface area contributed by atoms with E-state index in [1.807, 2.05) is 0 Å². The van der Waals surface area contributed by atoms with E-state index < -0.39 is 10.0 Å². The lowest BCUT2D eigenvalue weighted by molar-refractivity contribution is 0.0735. The van der Waals surface area contributed by atoms with Crippen LogP contribution in [0.25, 0.3) is 0 Å². The molecule has 6 heteroatoms. The summed E-state index contributed by atoms with van der Waals surface area (Å²) in [7, 11) is -3.05. The van der Waals surface area contributed by atoms with Gasteiger partial charge in [0.1, 0.15) is 0 Å². The number of sulfonamides is 1. The van der Waals surface area contributed by atoms with Crippen LogP contribution in [0.4, 0.5) is 0 Å². The van der Waals surface area contributed by atoms with Gasteiger partial charge in [0.25, 0.3) is 0 Å². The zero-order valence-electron chi connectivity index (χ0n) is 11.8. The second-order valence-corrected chi connectivity index (χ2v) is 7.91. The van der Waals surface area contributed by atoms with Crippen LogP contribution in [0.2, 0.25) is 0 Å². The SMILES string of the molecule is CS(=O)(=O)N1CCCC(CN(CCO)C2CCC2)C1. The van der Waals surface area contributed by atoms with Crippen molar-refractivity contribution in [2.24, 2.45) is 5.92 Å². The van der Waals surface area contributed by atoms with E-state index in [1.165, 1.54) is 25.5 Å². The molecule has 0 spiro atoms. The lowest BCUT2D eigenvalue weighted by atomic mass is 9.89. The molecule has 1 saturated heterocycles. The highest BCUT2D eigenvalue weighted by Crippen LogP contribution is 2.27. The number of nitrogens with zero attached hydrogens (tertiary/aromatic N) is 2. The molecule has 19 heavy (non-hydrogen) atoms. The Morgan fingerprint density at radius 1 is 1.26 bits per heavy atom. The molecular weight excluding hydrogens is 264 g/mol. The largest absolute Gasteiger partial charge is 0.395 e. The molecule has 1 aliphatic heterocycles. The molecule has 0 amide bonds. The van der Waals surface area contributed by atoms with E-state index in [1.54, 1.807) is 4.31 Å². The van der Waals surface area contributed by atoms with E-state index >= 15 is 0 Å². The highest BCUT2D eigenvalue weighted by molar-refractivity contribution is 7.88. The topological polar surface area (TPSA) is 60.9 Å². The van der Waals surface area contributed by atoms with Gasteiger partial charge in [-0.2, -0.15) is 0 Å². The van der Waals surface area contributed by atoms with Gasteiger partial charge < -0.3 is 5.11 Å². The van der Waals surface area contributed by atoms with Gasteiger partial charge in [0.05, 0.1) is 12.9 Å². The average molecular weight is 290 g/mol. The second-order valence-electron chi connectivity index (χ2n) is 5.93. The third-order valence-corrected chi connectivity index (χ3v) is 5.69. The standard InChI is InChI=1S/C13H26N2O3S/c1-19(17,18)15-7-3-4-12(11-15)10-14(8-9-16)13-5-2-6-13/h12-13,16H,2-11H2,1H3. The van der Waals surface area contributed by atoms with Crippen molar-refractivity contribution in [2.75, 3.05) is 39.0 Å². The van der Waals surface area contributed by atoms with E-state index in [0.717, 1.165) is 25.9 Å². The third-order valence-electron chi connectivity index (χ3n) is 4.42. The quantitative estimate of drug-likeness (QED) is 0.774. The van der Waals surface area contributed by atoms with Crippen molar-refractivity contribution >= 4 is 10.0 Å². The average Bonchev–Trinajstić information content (AvgIpc) is 2.26. The van der Waals surface area contributed by atoms with Crippen molar-refractivity contribution in [3.63, 3.8) is 0 Å². The molecule has 0 radical (unpaired) electrons. The van der Waals surface area contributed by atoms with Crippen molar-refractivity contribution in [3.8, 4) is 0 Å². The molecule has 0 aromatic rings. The maximum absolute atomic E-state index is 11.6. The van der Waals surface area contributed by atoms with Gasteiger partial charge in [-0.1, -0.05) is 6.42 Å². The fourth-order valence-electron chi connectivity index (χ4n) is 3.11. The predicted octanol–water partition coefficient (Wildman–Crippen LogP) is 0.505. The van der Waals surface area contributed by atoms with Crippen LogP contribution < -0.4 is 0 Å². The normalized spacial score (nSPS) is 26.6. The summed E-state index contributed by atoms with van der Waals surface area (Å²) in [5.74, 6) is 0.413. The first kappa shape index (κ1) is 15.2. The van der Waals surface area contributed by atoms with Gasteiger partial charge in [-0.05, 0) is 31.6 Å². The fourth-order valence-corrected chi connectivity index (χ4v) is 4.05. The summed E-state index contributed by atoms with van der Waals surface area (Å²) in [6.07, 6.45) is 7.08. The van der Waals surface area contributed by atoms with E-state index in [4.69, 9.17) is 5.11 Å². The van der Waals surface area contributed by atoms with Crippen molar-refractivity contribution in [1.29, 1.82) is 0 Å². The van der Waals surface area contributed by atoms with E-state index in [-0.39, 0.29) is 6.61 Å². The molecule has 0 aromatic carbocycles. The van der Waals surface area contributed by atoms with Gasteiger partial charge in [-0.3, -0.25) is 4.90 Å². The van der Waals surface area contributed by atoms with Crippen LogP contribution in [0.5, 0.6) is 0 Å². The molecule has 1 unspecified atom stereocenters. The molecular formula is C13H26N2O3S. The van der Waals surface area contributed by atoms with Crippen LogP contribution in [0.3, 0.4) is 0 Å². The first-order valence-corrected chi connectivity index (χ1v) is 9.15. The van der Waals surface area contributed by atoms with E-state index in [9.17, 15) is 8.42 Å². The number of rotatable bonds is 6. The Morgan fingerprint density at radius 3 is 2.53 bits per heavy atom. The van der Waals surface area contributed by atoms with Crippen LogP contribution >= 0.6 is 0 Å². The third kappa shape index (κ3) is 4.15. The lowest BCUT2D eigenvalue weighted by Gasteiger charge is -2.41. The maximum atomic E-state index is 11.6. The van der Waals surface area contributed by atoms with Crippen molar-refractivity contribution < 1.29 is 13.5 Å². The maximum Gasteiger partial charge on any atom is 0.211 e. The summed E-state index contributed by atoms with van der Waals surface area (Å²) in [6.45, 7) is 3.16. The number of piperidine rings is 1. The summed E-state index contributed by atoms with van der Waals surface area (Å²) in [5.41, 5.74) is 0. The van der Waals surface area contributed by atoms with Crippen LogP contribution in [0, 0.1) is 5.92 Å². The Kier molecular flexibility index (Phi) is 5.22. The molecule has 112 valence electrons. The number of aliphatic hydroxyl groups is 1. The van der Waals surface area contributed by atoms with E-state index in [0.29, 0.717) is 25.0 Å². The Balaban J connectivity index is 1.89. The Bertz CT molecular complexity index is 381. The number of hydrogen-bond acceptors (Lipinski definition) is 4. The lowest BCUT2D eigenvalue weighted by Crippen LogP contribution is -2.48. The summed E-state index contributed by atoms with van der Waals surface area (Å²) in [6, 6.07) is 0.612. The highest BCUT2D eigenvalue weighted by atomic mass is 32.2. The fraction of sp³-hybridized carbons (Fsp3) is 1.00. The molecule has 0 aromatic heterocycles. The predicted molar refractivity (Wildman–Crippen MR) is 75.4 cm³/mol. The van der Waals surface area contributed by atoms with Crippen LogP contribution in [0.15, 0.2) is 0 Å². The van der Waals surface area contributed by atoms with Crippen molar-refractivity contribution in [1.82, 2.24) is 9.21 Å². The first-order valence-electron chi connectivity index (χ1n) is 7.30. The summed E-state index contributed by atoms with van der Waals surface area (Å²) in [5, 5.41) is 9.17. The van der Waals surface area contributed by atoms with Gasteiger partial charge in [-0.25, -0.2) is 12.7 Å². The zero-order valence-corrected chi connectivity index (χ0v) is 12.6. The highest BCUT2D eigenvalue weighted by Gasteiger charge is 2.30. The van der Waals surface area contributed by atoms with Crippen LogP contribution in [-0.4, -0.2) is 67.8 Å². The Hall–Kier alpha value is -0.170. The molecule has 2 fully saturated rings. The molecule has 1 aliphatic carbocycles. The van der Waals surface area contributed by atoms with Gasteiger partial charge in [0.2, 0.25) is 10.0 Å². The molecule has 2 rings (SSSR count). The molecule has 1 atom stereocenters. The molecule has 1 heterocycles. The number of aliphatic hydroxyl groups excluding tert-OH is 1. The van der Waals surface area contributed by atoms with Crippen molar-refractivity contribution in [3.05, 3.63) is 0 Å².